The Balaban J connectivity index is 0.000000345. The van der Waals surface area contributed by atoms with Crippen molar-refractivity contribution in [3.63, 3.8) is 0 Å². The van der Waals surface area contributed by atoms with Gasteiger partial charge in [-0.15, -0.1) is 0 Å². The summed E-state index contributed by atoms with van der Waals surface area (Å²) in [6, 6.07) is 2.27. The zero-order chi connectivity index (χ0) is 20.9. The number of benzene rings is 1. The maximum atomic E-state index is 14.1. The van der Waals surface area contributed by atoms with Gasteiger partial charge in [-0.2, -0.15) is 0 Å². The Morgan fingerprint density at radius 1 is 1.25 bits per heavy atom. The average Bonchev–Trinajstić information content (AvgIpc) is 3.46. The quantitative estimate of drug-likeness (QED) is 0.775. The van der Waals surface area contributed by atoms with Gasteiger partial charge < -0.3 is 14.6 Å². The monoisotopic (exact) mass is 390 g/mol. The lowest BCUT2D eigenvalue weighted by Gasteiger charge is -2.14. The highest BCUT2D eigenvalue weighted by Crippen LogP contribution is 2.39. The van der Waals surface area contributed by atoms with Crippen LogP contribution in [0.1, 0.15) is 55.6 Å². The molecule has 0 aliphatic heterocycles. The van der Waals surface area contributed by atoms with Gasteiger partial charge in [0.25, 0.3) is 6.47 Å². The third-order valence-corrected chi connectivity index (χ3v) is 3.86. The second-order valence-electron chi connectivity index (χ2n) is 7.26. The van der Waals surface area contributed by atoms with Crippen molar-refractivity contribution in [1.29, 1.82) is 0 Å². The number of hydrogen-bond acceptors (Lipinski definition) is 6. The van der Waals surface area contributed by atoms with Crippen LogP contribution in [0.15, 0.2) is 24.5 Å². The smallest absolute Gasteiger partial charge is 0.339 e. The Morgan fingerprint density at radius 2 is 1.93 bits per heavy atom. The molecule has 0 bridgehead atoms. The molecular formula is C20H23FN2O5. The number of aromatic nitrogens is 2. The number of rotatable bonds is 5. The summed E-state index contributed by atoms with van der Waals surface area (Å²) < 4.78 is 23.5. The molecule has 2 aromatic rings. The van der Waals surface area contributed by atoms with E-state index in [1.807, 2.05) is 20.8 Å². The first-order valence-corrected chi connectivity index (χ1v) is 8.71. The van der Waals surface area contributed by atoms with Gasteiger partial charge in [-0.05, 0) is 39.7 Å². The van der Waals surface area contributed by atoms with Crippen molar-refractivity contribution >= 4 is 12.4 Å². The molecule has 3 rings (SSSR count). The summed E-state index contributed by atoms with van der Waals surface area (Å²) in [4.78, 5) is 29.2. The Bertz CT molecular complexity index is 843. The standard InChI is InChI=1S/C15H13FN2O3.C5H10O2/c1-21-14-5-11(16)9(4-10(14)15(19)20)13-7-17-12(6-18-13)8-2-3-8;1-5(2,3)7-4-6/h4-8H,2-3H2,1H3,(H,19,20);4H,1-3H3. The van der Waals surface area contributed by atoms with Crippen LogP contribution in [0.25, 0.3) is 11.3 Å². The predicted molar refractivity (Wildman–Crippen MR) is 99.8 cm³/mol. The van der Waals surface area contributed by atoms with Gasteiger partial charge in [0.05, 0.1) is 24.7 Å². The predicted octanol–water partition coefficient (Wildman–Crippen LogP) is 3.82. The van der Waals surface area contributed by atoms with Crippen LogP contribution in [0.5, 0.6) is 5.75 Å². The van der Waals surface area contributed by atoms with E-state index in [1.165, 1.54) is 19.4 Å². The van der Waals surface area contributed by atoms with Crippen LogP contribution in [-0.4, -0.2) is 40.2 Å². The van der Waals surface area contributed by atoms with Gasteiger partial charge in [-0.25, -0.2) is 9.18 Å². The number of aromatic carboxylic acids is 1. The molecule has 8 heteroatoms. The molecule has 150 valence electrons. The van der Waals surface area contributed by atoms with Crippen LogP contribution < -0.4 is 4.74 Å². The molecule has 1 aliphatic carbocycles. The van der Waals surface area contributed by atoms with Crippen LogP contribution >= 0.6 is 0 Å². The van der Waals surface area contributed by atoms with Gasteiger partial charge in [0.2, 0.25) is 0 Å². The Labute approximate surface area is 162 Å². The molecule has 1 N–H and O–H groups in total. The maximum absolute atomic E-state index is 14.1. The molecule has 7 nitrogen and oxygen atoms in total. The van der Waals surface area contributed by atoms with E-state index in [1.54, 1.807) is 6.20 Å². The summed E-state index contributed by atoms with van der Waals surface area (Å²) in [6.07, 6.45) is 5.31. The fourth-order valence-electron chi connectivity index (χ4n) is 2.30. The molecule has 0 radical (unpaired) electrons. The van der Waals surface area contributed by atoms with Crippen LogP contribution in [0.3, 0.4) is 0 Å². The lowest BCUT2D eigenvalue weighted by molar-refractivity contribution is -0.138. The third kappa shape index (κ3) is 5.73. The van der Waals surface area contributed by atoms with Crippen LogP contribution in [0, 0.1) is 5.82 Å². The minimum absolute atomic E-state index is 0.0219. The van der Waals surface area contributed by atoms with Crippen molar-refractivity contribution in [2.75, 3.05) is 7.11 Å². The lowest BCUT2D eigenvalue weighted by Crippen LogP contribution is -2.17. The number of halogens is 1. The minimum atomic E-state index is -1.18. The Hall–Kier alpha value is -3.03. The van der Waals surface area contributed by atoms with E-state index in [0.717, 1.165) is 24.6 Å². The zero-order valence-corrected chi connectivity index (χ0v) is 16.2. The number of nitrogens with zero attached hydrogens (tertiary/aromatic N) is 2. The van der Waals surface area contributed by atoms with Crippen LogP contribution in [0.4, 0.5) is 4.39 Å². The summed E-state index contributed by atoms with van der Waals surface area (Å²) in [5.41, 5.74) is 0.875. The molecule has 0 saturated heterocycles. The first kappa shape index (κ1) is 21.3. The normalized spacial score (nSPS) is 13.2. The van der Waals surface area contributed by atoms with Gasteiger partial charge in [0, 0.05) is 23.7 Å². The molecule has 1 aromatic carbocycles. The highest BCUT2D eigenvalue weighted by Gasteiger charge is 2.25. The summed E-state index contributed by atoms with van der Waals surface area (Å²) in [5.74, 6) is -1.34. The number of carbonyl (C=O) groups excluding carboxylic acids is 1. The molecule has 1 fully saturated rings. The number of carboxylic acids is 1. The number of hydrogen-bond donors (Lipinski definition) is 1. The molecule has 0 spiro atoms. The third-order valence-electron chi connectivity index (χ3n) is 3.86. The minimum Gasteiger partial charge on any atom is -0.496 e. The molecule has 1 saturated carbocycles. The highest BCUT2D eigenvalue weighted by molar-refractivity contribution is 5.92. The van der Waals surface area contributed by atoms with Crippen molar-refractivity contribution in [1.82, 2.24) is 9.97 Å². The van der Waals surface area contributed by atoms with Crippen molar-refractivity contribution in [3.8, 4) is 17.0 Å². The van der Waals surface area contributed by atoms with E-state index in [4.69, 9.17) is 9.84 Å². The number of carboxylic acid groups (broad SMARTS) is 1. The van der Waals surface area contributed by atoms with Crippen molar-refractivity contribution in [2.45, 2.75) is 45.1 Å². The second-order valence-corrected chi connectivity index (χ2v) is 7.26. The molecule has 0 atom stereocenters. The highest BCUT2D eigenvalue weighted by atomic mass is 19.1. The molecular weight excluding hydrogens is 367 g/mol. The molecule has 1 aromatic heterocycles. The van der Waals surface area contributed by atoms with Gasteiger partial charge in [0.1, 0.15) is 22.7 Å². The van der Waals surface area contributed by atoms with E-state index in [0.29, 0.717) is 18.1 Å². The van der Waals surface area contributed by atoms with Crippen LogP contribution in [0.2, 0.25) is 0 Å². The molecule has 0 amide bonds. The number of carbonyl (C=O) groups is 2. The van der Waals surface area contributed by atoms with Crippen molar-refractivity contribution in [3.05, 3.63) is 41.6 Å². The summed E-state index contributed by atoms with van der Waals surface area (Å²) in [6.45, 7) is 5.92. The average molecular weight is 390 g/mol. The van der Waals surface area contributed by atoms with Crippen molar-refractivity contribution in [2.24, 2.45) is 0 Å². The molecule has 1 heterocycles. The maximum Gasteiger partial charge on any atom is 0.339 e. The first-order chi connectivity index (χ1) is 13.2. The Kier molecular flexibility index (Phi) is 6.66. The molecule has 0 unspecified atom stereocenters. The number of methoxy groups -OCH3 is 1. The van der Waals surface area contributed by atoms with E-state index in [2.05, 4.69) is 14.7 Å². The summed E-state index contributed by atoms with van der Waals surface area (Å²) in [7, 11) is 1.30. The second kappa shape index (κ2) is 8.77. The van der Waals surface area contributed by atoms with Crippen molar-refractivity contribution < 1.29 is 28.6 Å². The van der Waals surface area contributed by atoms with Gasteiger partial charge in [-0.1, -0.05) is 0 Å². The van der Waals surface area contributed by atoms with E-state index in [-0.39, 0.29) is 22.5 Å². The lowest BCUT2D eigenvalue weighted by atomic mass is 10.1. The Morgan fingerprint density at radius 3 is 2.32 bits per heavy atom. The van der Waals surface area contributed by atoms with E-state index in [9.17, 15) is 14.0 Å². The summed E-state index contributed by atoms with van der Waals surface area (Å²) >= 11 is 0. The van der Waals surface area contributed by atoms with E-state index < -0.39 is 11.8 Å². The number of ether oxygens (including phenoxy) is 2. The SMILES string of the molecule is CC(C)(C)OC=O.COc1cc(F)c(-c2cnc(C3CC3)cn2)cc1C(=O)O. The van der Waals surface area contributed by atoms with Gasteiger partial charge >= 0.3 is 5.97 Å². The van der Waals surface area contributed by atoms with E-state index >= 15 is 0 Å². The molecule has 1 aliphatic rings. The summed E-state index contributed by atoms with van der Waals surface area (Å²) in [5, 5.41) is 9.15. The fraction of sp³-hybridized carbons (Fsp3) is 0.400. The molecule has 28 heavy (non-hydrogen) atoms. The first-order valence-electron chi connectivity index (χ1n) is 8.71. The topological polar surface area (TPSA) is 98.6 Å². The fourth-order valence-corrected chi connectivity index (χ4v) is 2.30. The zero-order valence-electron chi connectivity index (χ0n) is 16.2. The van der Waals surface area contributed by atoms with Gasteiger partial charge in [0.15, 0.2) is 0 Å². The largest absolute Gasteiger partial charge is 0.496 e. The van der Waals surface area contributed by atoms with Gasteiger partial charge in [-0.3, -0.25) is 14.8 Å². The van der Waals surface area contributed by atoms with Crippen LogP contribution in [-0.2, 0) is 9.53 Å².